The van der Waals surface area contributed by atoms with E-state index in [0.717, 1.165) is 0 Å². The van der Waals surface area contributed by atoms with Crippen LogP contribution in [0.3, 0.4) is 0 Å². The van der Waals surface area contributed by atoms with Gasteiger partial charge >= 0.3 is 0 Å². The van der Waals surface area contributed by atoms with E-state index in [4.69, 9.17) is 0 Å². The van der Waals surface area contributed by atoms with Crippen molar-refractivity contribution in [1.29, 1.82) is 0 Å². The molecule has 1 amide bonds. The zero-order valence-electron chi connectivity index (χ0n) is 12.7. The summed E-state index contributed by atoms with van der Waals surface area (Å²) in [6.45, 7) is 2.58. The Morgan fingerprint density at radius 2 is 2.09 bits per heavy atom. The highest BCUT2D eigenvalue weighted by Gasteiger charge is 2.11. The number of carbonyl (C=O) groups is 1. The van der Waals surface area contributed by atoms with Gasteiger partial charge < -0.3 is 5.32 Å². The van der Waals surface area contributed by atoms with Gasteiger partial charge in [-0.2, -0.15) is 0 Å². The topological polar surface area (TPSA) is 64.0 Å². The van der Waals surface area contributed by atoms with Crippen molar-refractivity contribution in [3.63, 3.8) is 0 Å². The molecule has 0 aliphatic carbocycles. The summed E-state index contributed by atoms with van der Waals surface area (Å²) in [5, 5.41) is 4.70. The number of benzene rings is 1. The Balaban J connectivity index is 1.62. The zero-order valence-corrected chi connectivity index (χ0v) is 13.5. The van der Waals surface area contributed by atoms with Gasteiger partial charge in [0.2, 0.25) is 5.91 Å². The van der Waals surface area contributed by atoms with Gasteiger partial charge in [0.15, 0.2) is 0 Å². The average molecular weight is 327 g/mol. The van der Waals surface area contributed by atoms with Gasteiger partial charge in [-0.1, -0.05) is 37.3 Å². The number of rotatable bonds is 5. The van der Waals surface area contributed by atoms with E-state index in [2.05, 4.69) is 17.2 Å². The first-order valence-electron chi connectivity index (χ1n) is 7.39. The number of aromatic nitrogens is 2. The second-order valence-corrected chi connectivity index (χ2v) is 6.34. The quantitative estimate of drug-likeness (QED) is 0.782. The highest BCUT2D eigenvalue weighted by molar-refractivity contribution is 7.17. The molecule has 5 nitrogen and oxygen atoms in total. The number of hydrogen-bond donors (Lipinski definition) is 1. The van der Waals surface area contributed by atoms with Crippen LogP contribution in [0.5, 0.6) is 0 Å². The summed E-state index contributed by atoms with van der Waals surface area (Å²) in [4.78, 5) is 28.5. The zero-order chi connectivity index (χ0) is 16.2. The van der Waals surface area contributed by atoms with Crippen LogP contribution in [0.1, 0.15) is 18.4 Å². The Bertz CT molecular complexity index is 870. The monoisotopic (exact) mass is 327 g/mol. The third-order valence-electron chi connectivity index (χ3n) is 3.72. The maximum Gasteiger partial charge on any atom is 0.271 e. The lowest BCUT2D eigenvalue weighted by molar-refractivity contribution is -0.121. The molecule has 1 aromatic carbocycles. The van der Waals surface area contributed by atoms with Gasteiger partial charge in [0.1, 0.15) is 11.2 Å². The molecule has 2 heterocycles. The summed E-state index contributed by atoms with van der Waals surface area (Å²) >= 11 is 1.34. The predicted octanol–water partition coefficient (Wildman–Crippen LogP) is 2.38. The van der Waals surface area contributed by atoms with Crippen molar-refractivity contribution >= 4 is 27.5 Å². The fourth-order valence-corrected chi connectivity index (χ4v) is 3.16. The van der Waals surface area contributed by atoms with Crippen LogP contribution in [0, 0.1) is 0 Å². The van der Waals surface area contributed by atoms with E-state index >= 15 is 0 Å². The molecule has 0 radical (unpaired) electrons. The molecule has 0 aliphatic heterocycles. The molecule has 0 unspecified atom stereocenters. The summed E-state index contributed by atoms with van der Waals surface area (Å²) in [6.07, 6.45) is 1.43. The molecular formula is C17H17N3O2S. The molecule has 1 N–H and O–H groups in total. The lowest BCUT2D eigenvalue weighted by Crippen LogP contribution is -2.34. The van der Waals surface area contributed by atoms with Crippen LogP contribution in [0.2, 0.25) is 0 Å². The molecule has 3 aromatic rings. The number of carbonyl (C=O) groups excluding carboxylic acids is 1. The molecule has 6 heteroatoms. The Morgan fingerprint density at radius 1 is 1.30 bits per heavy atom. The second-order valence-electron chi connectivity index (χ2n) is 5.43. The maximum atomic E-state index is 12.2. The van der Waals surface area contributed by atoms with Crippen molar-refractivity contribution in [2.45, 2.75) is 19.4 Å². The standard InChI is InChI=1S/C17H17N3O2S/c1-12(13-5-3-2-4-6-13)9-18-15(21)10-20-11-19-14-7-8-23-16(14)17(20)22/h2-8,11-12H,9-10H2,1H3,(H,18,21)/t12-/m0/s1. The number of amides is 1. The van der Waals surface area contributed by atoms with Crippen molar-refractivity contribution in [3.8, 4) is 0 Å². The first-order valence-corrected chi connectivity index (χ1v) is 8.27. The average Bonchev–Trinajstić information content (AvgIpc) is 3.05. The Kier molecular flexibility index (Phi) is 4.52. The fourth-order valence-electron chi connectivity index (χ4n) is 2.37. The molecule has 0 spiro atoms. The van der Waals surface area contributed by atoms with Crippen molar-refractivity contribution in [1.82, 2.24) is 14.9 Å². The molecule has 118 valence electrons. The molecule has 0 bridgehead atoms. The summed E-state index contributed by atoms with van der Waals surface area (Å²) in [5.74, 6) is 0.0300. The van der Waals surface area contributed by atoms with Gasteiger partial charge in [-0.25, -0.2) is 4.98 Å². The molecule has 1 atom stereocenters. The minimum absolute atomic E-state index is 0.0127. The van der Waals surface area contributed by atoms with Crippen LogP contribution < -0.4 is 10.9 Å². The number of nitrogens with zero attached hydrogens (tertiary/aromatic N) is 2. The lowest BCUT2D eigenvalue weighted by atomic mass is 10.0. The van der Waals surface area contributed by atoms with Crippen LogP contribution in [0.25, 0.3) is 10.2 Å². The van der Waals surface area contributed by atoms with E-state index in [1.54, 1.807) is 6.07 Å². The number of hydrogen-bond acceptors (Lipinski definition) is 4. The first kappa shape index (κ1) is 15.4. The van der Waals surface area contributed by atoms with Crippen LogP contribution >= 0.6 is 11.3 Å². The lowest BCUT2D eigenvalue weighted by Gasteiger charge is -2.13. The van der Waals surface area contributed by atoms with Gasteiger partial charge in [-0.05, 0) is 22.9 Å². The number of thiophene rings is 1. The number of nitrogens with one attached hydrogen (secondary N) is 1. The van der Waals surface area contributed by atoms with Crippen molar-refractivity contribution in [2.75, 3.05) is 6.54 Å². The third-order valence-corrected chi connectivity index (χ3v) is 4.62. The SMILES string of the molecule is C[C@@H](CNC(=O)Cn1cnc2ccsc2c1=O)c1ccccc1. The molecular weight excluding hydrogens is 310 g/mol. The Labute approximate surface area is 137 Å². The van der Waals surface area contributed by atoms with E-state index in [9.17, 15) is 9.59 Å². The molecule has 3 rings (SSSR count). The Hall–Kier alpha value is -2.47. The summed E-state index contributed by atoms with van der Waals surface area (Å²) in [7, 11) is 0. The van der Waals surface area contributed by atoms with E-state index in [-0.39, 0.29) is 23.9 Å². The van der Waals surface area contributed by atoms with Crippen LogP contribution in [-0.2, 0) is 11.3 Å². The highest BCUT2D eigenvalue weighted by Crippen LogP contribution is 2.14. The molecule has 0 saturated heterocycles. The van der Waals surface area contributed by atoms with Gasteiger partial charge in [-0.15, -0.1) is 11.3 Å². The number of fused-ring (bicyclic) bond motifs is 1. The summed E-state index contributed by atoms with van der Waals surface area (Å²) in [5.41, 5.74) is 1.68. The van der Waals surface area contributed by atoms with E-state index in [1.807, 2.05) is 35.7 Å². The van der Waals surface area contributed by atoms with Gasteiger partial charge in [0.25, 0.3) is 5.56 Å². The fraction of sp³-hybridized carbons (Fsp3) is 0.235. The van der Waals surface area contributed by atoms with Crippen LogP contribution in [-0.4, -0.2) is 22.0 Å². The Morgan fingerprint density at radius 3 is 2.87 bits per heavy atom. The molecule has 0 fully saturated rings. The van der Waals surface area contributed by atoms with Gasteiger partial charge in [0, 0.05) is 6.54 Å². The first-order chi connectivity index (χ1) is 11.1. The summed E-state index contributed by atoms with van der Waals surface area (Å²) < 4.78 is 1.93. The summed E-state index contributed by atoms with van der Waals surface area (Å²) in [6, 6.07) is 11.8. The van der Waals surface area contributed by atoms with Crippen molar-refractivity contribution < 1.29 is 4.79 Å². The normalized spacial score (nSPS) is 12.2. The van der Waals surface area contributed by atoms with Crippen molar-refractivity contribution in [2.24, 2.45) is 0 Å². The van der Waals surface area contributed by atoms with Crippen molar-refractivity contribution in [3.05, 3.63) is 64.0 Å². The van der Waals surface area contributed by atoms with Gasteiger partial charge in [0.05, 0.1) is 11.8 Å². The minimum Gasteiger partial charge on any atom is -0.354 e. The minimum atomic E-state index is -0.187. The third kappa shape index (κ3) is 3.48. The molecule has 2 aromatic heterocycles. The largest absolute Gasteiger partial charge is 0.354 e. The smallest absolute Gasteiger partial charge is 0.271 e. The van der Waals surface area contributed by atoms with E-state index < -0.39 is 0 Å². The molecule has 0 aliphatic rings. The maximum absolute atomic E-state index is 12.2. The van der Waals surface area contributed by atoms with E-state index in [1.165, 1.54) is 27.8 Å². The van der Waals surface area contributed by atoms with Gasteiger partial charge in [-0.3, -0.25) is 14.2 Å². The van der Waals surface area contributed by atoms with Crippen LogP contribution in [0.4, 0.5) is 0 Å². The second kappa shape index (κ2) is 6.75. The van der Waals surface area contributed by atoms with Crippen LogP contribution in [0.15, 0.2) is 52.9 Å². The molecule has 23 heavy (non-hydrogen) atoms. The molecule has 0 saturated carbocycles. The van der Waals surface area contributed by atoms with E-state index in [0.29, 0.717) is 16.8 Å². The highest BCUT2D eigenvalue weighted by atomic mass is 32.1. The predicted molar refractivity (Wildman–Crippen MR) is 91.7 cm³/mol.